The number of rotatable bonds is 4. The summed E-state index contributed by atoms with van der Waals surface area (Å²) in [6.45, 7) is 0. The molecule has 7 rings (SSSR count). The fraction of sp³-hybridized carbons (Fsp3) is 0. The molecule has 0 aliphatic rings. The molecule has 0 bridgehead atoms. The minimum absolute atomic E-state index is 0.580. The summed E-state index contributed by atoms with van der Waals surface area (Å²) in [4.78, 5) is 14.6. The van der Waals surface area contributed by atoms with Crippen molar-refractivity contribution < 1.29 is 0 Å². The van der Waals surface area contributed by atoms with Crippen LogP contribution < -0.4 is 0 Å². The first-order valence-electron chi connectivity index (χ1n) is 12.8. The topological polar surface area (TPSA) is 38.7 Å². The van der Waals surface area contributed by atoms with Crippen LogP contribution in [0.2, 0.25) is 5.02 Å². The third-order valence-corrected chi connectivity index (χ3v) is 7.15. The van der Waals surface area contributed by atoms with Crippen molar-refractivity contribution in [2.75, 3.05) is 0 Å². The Bertz CT molecular complexity index is 1910. The van der Waals surface area contributed by atoms with Crippen LogP contribution in [-0.4, -0.2) is 15.0 Å². The van der Waals surface area contributed by atoms with Crippen LogP contribution in [0, 0.1) is 0 Å². The molecule has 39 heavy (non-hydrogen) atoms. The maximum absolute atomic E-state index is 6.76. The summed E-state index contributed by atoms with van der Waals surface area (Å²) in [5.41, 5.74) is 4.84. The standard InChI is InChI=1S/C35H22ClN3/c36-28-20-26(32-22-25-15-7-8-16-29(25)30-17-9-10-18-31(30)32)19-27(21-28)35-38-33(23-11-3-1-4-12-23)37-34(39-35)24-13-5-2-6-14-24/h1-22H. The molecule has 0 atom stereocenters. The molecule has 1 aromatic heterocycles. The SMILES string of the molecule is Clc1cc(-c2nc(-c3ccccc3)nc(-c3ccccc3)n2)cc(-c2cc3ccccc3c3ccccc23)c1. The molecular weight excluding hydrogens is 498 g/mol. The molecule has 0 radical (unpaired) electrons. The molecule has 0 spiro atoms. The highest BCUT2D eigenvalue weighted by Gasteiger charge is 2.15. The van der Waals surface area contributed by atoms with Crippen molar-refractivity contribution in [2.24, 2.45) is 0 Å². The smallest absolute Gasteiger partial charge is 0.164 e. The lowest BCUT2D eigenvalue weighted by atomic mass is 9.92. The average molecular weight is 520 g/mol. The number of fused-ring (bicyclic) bond motifs is 3. The van der Waals surface area contributed by atoms with Gasteiger partial charge in [-0.15, -0.1) is 0 Å². The Morgan fingerprint density at radius 1 is 0.385 bits per heavy atom. The molecular formula is C35H22ClN3. The molecule has 0 unspecified atom stereocenters. The molecule has 6 aromatic carbocycles. The lowest BCUT2D eigenvalue weighted by Gasteiger charge is -2.13. The molecule has 7 aromatic rings. The van der Waals surface area contributed by atoms with E-state index in [0.717, 1.165) is 27.8 Å². The van der Waals surface area contributed by atoms with E-state index in [9.17, 15) is 0 Å². The van der Waals surface area contributed by atoms with E-state index in [1.165, 1.54) is 21.5 Å². The molecule has 0 saturated carbocycles. The lowest BCUT2D eigenvalue weighted by molar-refractivity contribution is 1.07. The van der Waals surface area contributed by atoms with Gasteiger partial charge in [0, 0.05) is 21.7 Å². The lowest BCUT2D eigenvalue weighted by Crippen LogP contribution is -2.00. The molecule has 0 aliphatic carbocycles. The second-order valence-corrected chi connectivity index (χ2v) is 9.89. The molecule has 4 heteroatoms. The zero-order valence-corrected chi connectivity index (χ0v) is 21.7. The van der Waals surface area contributed by atoms with E-state index in [1.807, 2.05) is 72.8 Å². The van der Waals surface area contributed by atoms with E-state index in [1.54, 1.807) is 0 Å². The van der Waals surface area contributed by atoms with Gasteiger partial charge in [-0.1, -0.05) is 121 Å². The van der Waals surface area contributed by atoms with Crippen LogP contribution in [0.3, 0.4) is 0 Å². The van der Waals surface area contributed by atoms with Gasteiger partial charge in [0.15, 0.2) is 17.5 Å². The van der Waals surface area contributed by atoms with Crippen molar-refractivity contribution >= 4 is 33.1 Å². The predicted octanol–water partition coefficient (Wildman–Crippen LogP) is 9.50. The Labute approximate surface area is 231 Å². The van der Waals surface area contributed by atoms with Crippen LogP contribution in [0.25, 0.3) is 66.8 Å². The number of aromatic nitrogens is 3. The predicted molar refractivity (Wildman–Crippen MR) is 162 cm³/mol. The van der Waals surface area contributed by atoms with Crippen molar-refractivity contribution in [3.05, 3.63) is 138 Å². The Hall–Kier alpha value is -4.86. The van der Waals surface area contributed by atoms with Gasteiger partial charge in [0.2, 0.25) is 0 Å². The van der Waals surface area contributed by atoms with E-state index >= 15 is 0 Å². The monoisotopic (exact) mass is 519 g/mol. The van der Waals surface area contributed by atoms with Crippen molar-refractivity contribution in [1.82, 2.24) is 15.0 Å². The number of benzene rings is 6. The van der Waals surface area contributed by atoms with Crippen LogP contribution >= 0.6 is 11.6 Å². The number of hydrogen-bond acceptors (Lipinski definition) is 3. The number of hydrogen-bond donors (Lipinski definition) is 0. The molecule has 0 N–H and O–H groups in total. The van der Waals surface area contributed by atoms with Crippen LogP contribution in [-0.2, 0) is 0 Å². The largest absolute Gasteiger partial charge is 0.208 e. The van der Waals surface area contributed by atoms with Crippen LogP contribution in [0.5, 0.6) is 0 Å². The first-order valence-corrected chi connectivity index (χ1v) is 13.2. The zero-order chi connectivity index (χ0) is 26.2. The molecule has 0 saturated heterocycles. The van der Waals surface area contributed by atoms with E-state index in [-0.39, 0.29) is 0 Å². The highest BCUT2D eigenvalue weighted by Crippen LogP contribution is 2.37. The van der Waals surface area contributed by atoms with Gasteiger partial charge in [-0.3, -0.25) is 0 Å². The minimum Gasteiger partial charge on any atom is -0.208 e. The van der Waals surface area contributed by atoms with Crippen LogP contribution in [0.1, 0.15) is 0 Å². The Morgan fingerprint density at radius 2 is 0.872 bits per heavy atom. The van der Waals surface area contributed by atoms with Gasteiger partial charge in [0.05, 0.1) is 0 Å². The van der Waals surface area contributed by atoms with Crippen molar-refractivity contribution in [3.8, 4) is 45.3 Å². The Balaban J connectivity index is 1.45. The molecule has 1 heterocycles. The summed E-state index contributed by atoms with van der Waals surface area (Å²) in [5.74, 6) is 1.82. The van der Waals surface area contributed by atoms with E-state index in [0.29, 0.717) is 22.5 Å². The third kappa shape index (κ3) is 4.43. The van der Waals surface area contributed by atoms with Crippen LogP contribution in [0.15, 0.2) is 133 Å². The first-order chi connectivity index (χ1) is 19.2. The van der Waals surface area contributed by atoms with Crippen LogP contribution in [0.4, 0.5) is 0 Å². The fourth-order valence-electron chi connectivity index (χ4n) is 5.11. The highest BCUT2D eigenvalue weighted by molar-refractivity contribution is 6.31. The van der Waals surface area contributed by atoms with Gasteiger partial charge in [0.1, 0.15) is 0 Å². The van der Waals surface area contributed by atoms with Gasteiger partial charge in [-0.05, 0) is 56.9 Å². The Morgan fingerprint density at radius 3 is 1.51 bits per heavy atom. The Kier molecular flexibility index (Phi) is 5.84. The van der Waals surface area contributed by atoms with Gasteiger partial charge < -0.3 is 0 Å². The van der Waals surface area contributed by atoms with E-state index in [4.69, 9.17) is 26.6 Å². The molecule has 184 valence electrons. The third-order valence-electron chi connectivity index (χ3n) is 6.93. The second kappa shape index (κ2) is 9.79. The van der Waals surface area contributed by atoms with Gasteiger partial charge >= 0.3 is 0 Å². The highest BCUT2D eigenvalue weighted by atomic mass is 35.5. The summed E-state index contributed by atoms with van der Waals surface area (Å²) in [6, 6.07) is 45.3. The summed E-state index contributed by atoms with van der Waals surface area (Å²) in [6.07, 6.45) is 0. The van der Waals surface area contributed by atoms with Crippen molar-refractivity contribution in [3.63, 3.8) is 0 Å². The number of halogens is 1. The summed E-state index contributed by atoms with van der Waals surface area (Å²) in [5, 5.41) is 5.44. The average Bonchev–Trinajstić information content (AvgIpc) is 3.01. The summed E-state index contributed by atoms with van der Waals surface area (Å²) < 4.78 is 0. The maximum Gasteiger partial charge on any atom is 0.164 e. The number of nitrogens with zero attached hydrogens (tertiary/aromatic N) is 3. The van der Waals surface area contributed by atoms with Gasteiger partial charge in [-0.25, -0.2) is 15.0 Å². The van der Waals surface area contributed by atoms with Crippen molar-refractivity contribution in [2.45, 2.75) is 0 Å². The summed E-state index contributed by atoms with van der Waals surface area (Å²) >= 11 is 6.76. The molecule has 0 amide bonds. The quantitative estimate of drug-likeness (QED) is 0.217. The summed E-state index contributed by atoms with van der Waals surface area (Å²) in [7, 11) is 0. The fourth-order valence-corrected chi connectivity index (χ4v) is 5.34. The second-order valence-electron chi connectivity index (χ2n) is 9.46. The maximum atomic E-state index is 6.76. The zero-order valence-electron chi connectivity index (χ0n) is 20.9. The van der Waals surface area contributed by atoms with E-state index in [2.05, 4.69) is 60.7 Å². The van der Waals surface area contributed by atoms with E-state index < -0.39 is 0 Å². The van der Waals surface area contributed by atoms with Gasteiger partial charge in [0.25, 0.3) is 0 Å². The van der Waals surface area contributed by atoms with Crippen molar-refractivity contribution in [1.29, 1.82) is 0 Å². The normalized spacial score (nSPS) is 11.2. The molecule has 0 aliphatic heterocycles. The molecule has 0 fully saturated rings. The minimum atomic E-state index is 0.580. The molecule has 3 nitrogen and oxygen atoms in total. The van der Waals surface area contributed by atoms with Gasteiger partial charge in [-0.2, -0.15) is 0 Å². The first kappa shape index (κ1) is 23.3.